The van der Waals surface area contributed by atoms with E-state index in [1.54, 1.807) is 16.9 Å². The number of halogens is 1. The van der Waals surface area contributed by atoms with E-state index >= 15 is 0 Å². The average Bonchev–Trinajstić information content (AvgIpc) is 3.35. The Morgan fingerprint density at radius 1 is 1.11 bits per heavy atom. The summed E-state index contributed by atoms with van der Waals surface area (Å²) >= 11 is 7.48. The maximum atomic E-state index is 12.9. The molecule has 9 heteroatoms. The zero-order valence-corrected chi connectivity index (χ0v) is 17.0. The van der Waals surface area contributed by atoms with Gasteiger partial charge in [0.1, 0.15) is 11.4 Å². The van der Waals surface area contributed by atoms with Crippen molar-refractivity contribution in [3.8, 4) is 16.4 Å². The lowest BCUT2D eigenvalue weighted by Crippen LogP contribution is -2.16. The molecule has 3 heterocycles. The smallest absolute Gasteiger partial charge is 0.262 e. The van der Waals surface area contributed by atoms with Gasteiger partial charge in [-0.05, 0) is 32.0 Å². The molecule has 4 rings (SSSR count). The fourth-order valence-electron chi connectivity index (χ4n) is 3.04. The highest BCUT2D eigenvalue weighted by atomic mass is 35.5. The van der Waals surface area contributed by atoms with E-state index in [1.807, 2.05) is 55.8 Å². The standard InChI is InChI=1S/C19H17ClN6OS/c1-11-8-9-12(2)26(11)18-14(10-21-25(18)3)16(27)22-19-24-23-17(28-19)13-6-4-5-7-15(13)20/h4-10H,1-3H3,(H,22,24,27). The topological polar surface area (TPSA) is 77.6 Å². The number of amides is 1. The second-order valence-electron chi connectivity index (χ2n) is 6.30. The number of carbonyl (C=O) groups excluding carboxylic acids is 1. The molecule has 0 saturated heterocycles. The summed E-state index contributed by atoms with van der Waals surface area (Å²) < 4.78 is 3.68. The molecule has 0 spiro atoms. The van der Waals surface area contributed by atoms with Crippen LogP contribution in [0.5, 0.6) is 0 Å². The lowest BCUT2D eigenvalue weighted by atomic mass is 10.2. The first-order valence-corrected chi connectivity index (χ1v) is 9.72. The molecule has 7 nitrogen and oxygen atoms in total. The SMILES string of the molecule is Cc1ccc(C)n1-c1c(C(=O)Nc2nnc(-c3ccccc3Cl)s2)cnn1C. The summed E-state index contributed by atoms with van der Waals surface area (Å²) in [5.41, 5.74) is 3.28. The van der Waals surface area contributed by atoms with Crippen LogP contribution >= 0.6 is 22.9 Å². The first-order valence-electron chi connectivity index (χ1n) is 8.53. The molecule has 0 saturated carbocycles. The molecule has 0 unspecified atom stereocenters. The van der Waals surface area contributed by atoms with Gasteiger partial charge in [0, 0.05) is 24.0 Å². The van der Waals surface area contributed by atoms with E-state index in [-0.39, 0.29) is 5.91 Å². The average molecular weight is 413 g/mol. The van der Waals surface area contributed by atoms with Gasteiger partial charge in [0.05, 0.1) is 11.2 Å². The largest absolute Gasteiger partial charge is 0.303 e. The number of nitrogens with zero attached hydrogens (tertiary/aromatic N) is 5. The van der Waals surface area contributed by atoms with Crippen molar-refractivity contribution in [2.24, 2.45) is 7.05 Å². The summed E-state index contributed by atoms with van der Waals surface area (Å²) in [5, 5.41) is 16.9. The second-order valence-corrected chi connectivity index (χ2v) is 7.69. The first kappa shape index (κ1) is 18.4. The van der Waals surface area contributed by atoms with Crippen molar-refractivity contribution in [3.63, 3.8) is 0 Å². The lowest BCUT2D eigenvalue weighted by Gasteiger charge is -2.12. The fourth-order valence-corrected chi connectivity index (χ4v) is 4.10. The number of anilines is 1. The molecule has 1 N–H and O–H groups in total. The molecular weight excluding hydrogens is 396 g/mol. The lowest BCUT2D eigenvalue weighted by molar-refractivity contribution is 0.102. The van der Waals surface area contributed by atoms with E-state index in [2.05, 4.69) is 20.6 Å². The predicted octanol–water partition coefficient (Wildman–Crippen LogP) is 4.25. The van der Waals surface area contributed by atoms with Crippen molar-refractivity contribution >= 4 is 34.0 Å². The molecule has 1 amide bonds. The molecule has 142 valence electrons. The number of aromatic nitrogens is 5. The van der Waals surface area contributed by atoms with Gasteiger partial charge in [-0.25, -0.2) is 0 Å². The zero-order valence-electron chi connectivity index (χ0n) is 15.5. The number of rotatable bonds is 4. The summed E-state index contributed by atoms with van der Waals surface area (Å²) in [6.07, 6.45) is 1.56. The van der Waals surface area contributed by atoms with Crippen molar-refractivity contribution in [3.05, 3.63) is 64.6 Å². The summed E-state index contributed by atoms with van der Waals surface area (Å²) in [4.78, 5) is 12.9. The molecule has 0 fully saturated rings. The molecule has 0 aliphatic carbocycles. The van der Waals surface area contributed by atoms with Crippen LogP contribution in [0.25, 0.3) is 16.4 Å². The Kier molecular flexibility index (Phi) is 4.74. The molecule has 1 aromatic carbocycles. The summed E-state index contributed by atoms with van der Waals surface area (Å²) in [7, 11) is 1.81. The van der Waals surface area contributed by atoms with Crippen LogP contribution in [0.3, 0.4) is 0 Å². The van der Waals surface area contributed by atoms with Gasteiger partial charge in [0.2, 0.25) is 5.13 Å². The summed E-state index contributed by atoms with van der Waals surface area (Å²) in [5.74, 6) is 0.408. The number of benzene rings is 1. The molecule has 0 atom stereocenters. The zero-order chi connectivity index (χ0) is 19.8. The molecule has 0 radical (unpaired) electrons. The summed E-state index contributed by atoms with van der Waals surface area (Å²) in [6.45, 7) is 3.98. The van der Waals surface area contributed by atoms with Crippen LogP contribution in [-0.2, 0) is 7.05 Å². The van der Waals surface area contributed by atoms with Crippen LogP contribution in [0.4, 0.5) is 5.13 Å². The van der Waals surface area contributed by atoms with Crippen LogP contribution < -0.4 is 5.32 Å². The van der Waals surface area contributed by atoms with E-state index in [4.69, 9.17) is 11.6 Å². The van der Waals surface area contributed by atoms with Gasteiger partial charge >= 0.3 is 0 Å². The minimum atomic E-state index is -0.294. The normalized spacial score (nSPS) is 11.0. The Morgan fingerprint density at radius 3 is 2.54 bits per heavy atom. The van der Waals surface area contributed by atoms with Crippen LogP contribution in [0.1, 0.15) is 21.7 Å². The van der Waals surface area contributed by atoms with Gasteiger partial charge in [-0.2, -0.15) is 5.10 Å². The predicted molar refractivity (Wildman–Crippen MR) is 110 cm³/mol. The maximum Gasteiger partial charge on any atom is 0.262 e. The molecular formula is C19H17ClN6OS. The highest BCUT2D eigenvalue weighted by Crippen LogP contribution is 2.32. The third kappa shape index (κ3) is 3.21. The van der Waals surface area contributed by atoms with Crippen molar-refractivity contribution < 1.29 is 4.79 Å². The Labute approximate surface area is 170 Å². The third-order valence-electron chi connectivity index (χ3n) is 4.38. The number of hydrogen-bond acceptors (Lipinski definition) is 5. The molecule has 0 aliphatic heterocycles. The molecule has 3 aromatic heterocycles. The minimum Gasteiger partial charge on any atom is -0.303 e. The second kappa shape index (κ2) is 7.21. The van der Waals surface area contributed by atoms with Gasteiger partial charge in [0.25, 0.3) is 5.91 Å². The van der Waals surface area contributed by atoms with E-state index in [9.17, 15) is 4.79 Å². The first-order chi connectivity index (χ1) is 13.5. The van der Waals surface area contributed by atoms with E-state index < -0.39 is 0 Å². The highest BCUT2D eigenvalue weighted by molar-refractivity contribution is 7.18. The number of aryl methyl sites for hydroxylation is 3. The molecule has 4 aromatic rings. The van der Waals surface area contributed by atoms with Crippen LogP contribution in [0, 0.1) is 13.8 Å². The Hall–Kier alpha value is -2.97. The molecule has 0 aliphatic rings. The van der Waals surface area contributed by atoms with Crippen molar-refractivity contribution in [2.45, 2.75) is 13.8 Å². The van der Waals surface area contributed by atoms with Gasteiger partial charge in [-0.3, -0.25) is 14.8 Å². The van der Waals surface area contributed by atoms with Gasteiger partial charge < -0.3 is 4.57 Å². The Bertz CT molecular complexity index is 1160. The van der Waals surface area contributed by atoms with E-state index in [0.717, 1.165) is 17.0 Å². The van der Waals surface area contributed by atoms with Crippen LogP contribution in [0.2, 0.25) is 5.02 Å². The van der Waals surface area contributed by atoms with Crippen molar-refractivity contribution in [2.75, 3.05) is 5.32 Å². The van der Waals surface area contributed by atoms with Gasteiger partial charge in [-0.1, -0.05) is 41.1 Å². The monoisotopic (exact) mass is 412 g/mol. The third-order valence-corrected chi connectivity index (χ3v) is 5.59. The quantitative estimate of drug-likeness (QED) is 0.543. The van der Waals surface area contributed by atoms with Gasteiger partial charge in [0.15, 0.2) is 5.01 Å². The van der Waals surface area contributed by atoms with E-state index in [1.165, 1.54) is 11.3 Å². The van der Waals surface area contributed by atoms with Crippen molar-refractivity contribution in [1.82, 2.24) is 24.5 Å². The van der Waals surface area contributed by atoms with Crippen LogP contribution in [-0.4, -0.2) is 30.5 Å². The van der Waals surface area contributed by atoms with Crippen molar-refractivity contribution in [1.29, 1.82) is 0 Å². The Balaban J connectivity index is 1.64. The van der Waals surface area contributed by atoms with E-state index in [0.29, 0.717) is 26.5 Å². The fraction of sp³-hybridized carbons (Fsp3) is 0.158. The number of nitrogens with one attached hydrogen (secondary N) is 1. The van der Waals surface area contributed by atoms with Gasteiger partial charge in [-0.15, -0.1) is 10.2 Å². The number of hydrogen-bond donors (Lipinski definition) is 1. The molecule has 0 bridgehead atoms. The number of carbonyl (C=O) groups is 1. The highest BCUT2D eigenvalue weighted by Gasteiger charge is 2.21. The molecule has 28 heavy (non-hydrogen) atoms. The maximum absolute atomic E-state index is 12.9. The Morgan fingerprint density at radius 2 is 1.82 bits per heavy atom. The minimum absolute atomic E-state index is 0.294. The summed E-state index contributed by atoms with van der Waals surface area (Å²) in [6, 6.07) is 11.4. The van der Waals surface area contributed by atoms with Crippen LogP contribution in [0.15, 0.2) is 42.6 Å².